The largest absolute Gasteiger partial charge is 0.507 e. The van der Waals surface area contributed by atoms with E-state index in [1.54, 1.807) is 35.2 Å². The maximum absolute atomic E-state index is 14.3. The zero-order valence-electron chi connectivity index (χ0n) is 41.5. The molecular formula is C54H65N11O7. The van der Waals surface area contributed by atoms with Crippen LogP contribution in [0.3, 0.4) is 0 Å². The number of carbonyl (C=O) groups excluding carboxylic acids is 3. The van der Waals surface area contributed by atoms with Crippen LogP contribution in [0.4, 0.5) is 10.7 Å². The number of phenols is 1. The van der Waals surface area contributed by atoms with Crippen molar-refractivity contribution >= 4 is 34.8 Å². The van der Waals surface area contributed by atoms with Gasteiger partial charge in [0.15, 0.2) is 5.65 Å². The quantitative estimate of drug-likeness (QED) is 0.0939. The molecule has 18 heteroatoms. The molecule has 1 aliphatic carbocycles. The number of aromatic hydroxyl groups is 1. The first-order valence-electron chi connectivity index (χ1n) is 25.3. The molecule has 3 saturated heterocycles. The molecule has 0 bridgehead atoms. The van der Waals surface area contributed by atoms with E-state index in [1.165, 1.54) is 10.5 Å². The Hall–Kier alpha value is -6.81. The predicted molar refractivity (Wildman–Crippen MR) is 270 cm³/mol. The van der Waals surface area contributed by atoms with Gasteiger partial charge in [0.25, 0.3) is 0 Å². The van der Waals surface area contributed by atoms with Gasteiger partial charge >= 0.3 is 6.03 Å². The number of β-amino-alcohol motifs (C(OH)–C–C–N with tert-alkyl or cyclic N) is 1. The number of aliphatic hydroxyl groups is 2. The number of ether oxygens (including phenoxy) is 1. The molecule has 2 aromatic carbocycles. The first-order chi connectivity index (χ1) is 34.6. The molecule has 0 unspecified atom stereocenters. The lowest BCUT2D eigenvalue weighted by molar-refractivity contribution is -0.142. The number of hydrogen-bond donors (Lipinski definition) is 6. The number of anilines is 1. The van der Waals surface area contributed by atoms with Crippen LogP contribution in [0.1, 0.15) is 99.7 Å². The lowest BCUT2D eigenvalue weighted by Crippen LogP contribution is -2.70. The molecule has 18 nitrogen and oxygen atoms in total. The summed E-state index contributed by atoms with van der Waals surface area (Å²) in [4.78, 5) is 63.1. The third kappa shape index (κ3) is 9.52. The number of nitrogens with one attached hydrogen (secondary N) is 3. The number of para-hydroxylation sites is 1. The number of phenolic OH excluding ortho intramolecular Hbond substituents is 1. The number of rotatable bonds is 12. The number of terminal acetylenes is 1. The molecule has 4 atom stereocenters. The number of fused-ring (bicyclic) bond motifs is 3. The van der Waals surface area contributed by atoms with Gasteiger partial charge in [-0.05, 0) is 92.9 Å². The second kappa shape index (κ2) is 19.7. The summed E-state index contributed by atoms with van der Waals surface area (Å²) in [6.45, 7) is 11.8. The van der Waals surface area contributed by atoms with E-state index in [9.17, 15) is 29.7 Å². The Morgan fingerprint density at radius 2 is 1.78 bits per heavy atom. The fourth-order valence-electron chi connectivity index (χ4n) is 11.8. The van der Waals surface area contributed by atoms with Crippen molar-refractivity contribution in [1.29, 1.82) is 0 Å². The van der Waals surface area contributed by atoms with Crippen LogP contribution in [0, 0.1) is 23.2 Å². The van der Waals surface area contributed by atoms with E-state index in [2.05, 4.69) is 48.5 Å². The number of carbonyl (C=O) groups is 3. The van der Waals surface area contributed by atoms with Gasteiger partial charge in [0, 0.05) is 103 Å². The van der Waals surface area contributed by atoms with Crippen LogP contribution in [-0.2, 0) is 22.6 Å². The maximum Gasteiger partial charge on any atom is 0.318 e. The normalized spacial score (nSPS) is 21.7. The Morgan fingerprint density at radius 3 is 2.49 bits per heavy atom. The van der Waals surface area contributed by atoms with Gasteiger partial charge in [-0.15, -0.1) is 16.6 Å². The number of aromatic nitrogens is 5. The molecule has 4 amide bonds. The monoisotopic (exact) mass is 980 g/mol. The molecule has 1 saturated carbocycles. The number of hydrogen-bond acceptors (Lipinski definition) is 13. The van der Waals surface area contributed by atoms with Crippen molar-refractivity contribution in [2.75, 3.05) is 57.4 Å². The Morgan fingerprint density at radius 1 is 1.03 bits per heavy atom. The molecule has 4 aliphatic heterocycles. The zero-order valence-corrected chi connectivity index (χ0v) is 41.5. The van der Waals surface area contributed by atoms with Crippen LogP contribution < -0.4 is 20.3 Å². The summed E-state index contributed by atoms with van der Waals surface area (Å²) in [5, 5.41) is 46.3. The van der Waals surface area contributed by atoms with Gasteiger partial charge in [-0.1, -0.05) is 44.9 Å². The first kappa shape index (κ1) is 48.8. The van der Waals surface area contributed by atoms with Crippen LogP contribution in [0.15, 0.2) is 60.9 Å². The minimum absolute atomic E-state index is 0.00276. The molecule has 5 aliphatic rings. The van der Waals surface area contributed by atoms with E-state index in [4.69, 9.17) is 21.1 Å². The number of benzene rings is 2. The number of H-pyrrole nitrogens is 1. The average molecular weight is 980 g/mol. The van der Waals surface area contributed by atoms with E-state index in [0.717, 1.165) is 74.0 Å². The van der Waals surface area contributed by atoms with Gasteiger partial charge in [0.05, 0.1) is 24.4 Å². The van der Waals surface area contributed by atoms with Crippen molar-refractivity contribution in [3.05, 3.63) is 88.9 Å². The third-order valence-corrected chi connectivity index (χ3v) is 15.7. The molecular weight excluding hydrogens is 915 g/mol. The van der Waals surface area contributed by atoms with Gasteiger partial charge in [0.2, 0.25) is 17.8 Å². The molecule has 5 aromatic rings. The standard InChI is InChI=1S/C54H65N11O7/c1-6-33-11-12-35(45(21-33)72-20-19-66)26-55-49(69)43-22-38(67)29-65(43)50(70)47(53(3,4)5)59-52(71)63-30-54(31-63)24-37(25-54)62-16-13-34(14-17-62)36-27-56-51(57-28-36)64-18-15-41-46(32(64)2)40-23-42(60-61-48(40)58-41)39-9-7-8-10-44(39)68/h1,7-12,21,23,27-28,32,34,37-38,43,47,66-68H,13-20,22,24-26,29-31H2,2-5H3,(H,55,69)(H,58,61)(H,59,71)/t32-,38-,43+,47-/m1/s1. The van der Waals surface area contributed by atoms with E-state index >= 15 is 0 Å². The van der Waals surface area contributed by atoms with Crippen molar-refractivity contribution in [3.63, 3.8) is 0 Å². The Bertz CT molecular complexity index is 2870. The molecule has 10 rings (SSSR count). The first-order valence-corrected chi connectivity index (χ1v) is 25.3. The number of urea groups is 1. The molecule has 1 spiro atoms. The molecule has 3 aromatic heterocycles. The Kier molecular flexibility index (Phi) is 13.3. The lowest BCUT2D eigenvalue weighted by atomic mass is 9.60. The van der Waals surface area contributed by atoms with Crippen LogP contribution in [0.25, 0.3) is 22.3 Å². The number of aliphatic hydroxyl groups excluding tert-OH is 2. The average Bonchev–Trinajstić information content (AvgIpc) is 3.94. The highest BCUT2D eigenvalue weighted by Crippen LogP contribution is 2.51. The molecule has 378 valence electrons. The summed E-state index contributed by atoms with van der Waals surface area (Å²) >= 11 is 0. The fourth-order valence-corrected chi connectivity index (χ4v) is 11.8. The summed E-state index contributed by atoms with van der Waals surface area (Å²) < 4.78 is 5.66. The van der Waals surface area contributed by atoms with E-state index in [1.807, 2.05) is 51.4 Å². The number of aromatic amines is 1. The molecule has 4 fully saturated rings. The topological polar surface area (TPSA) is 225 Å². The lowest BCUT2D eigenvalue weighted by Gasteiger charge is -2.61. The number of amides is 4. The zero-order chi connectivity index (χ0) is 50.5. The molecule has 6 N–H and O–H groups in total. The SMILES string of the molecule is C#Cc1ccc(CNC(=O)[C@@H]2C[C@@H](O)CN2C(=O)[C@@H](NC(=O)N2CC3(CC(N4CCC(c5cnc(N6CCc7[nH]c8nnc(-c9ccccc9O)cc8c7[C@H]6C)nc5)CC4)C3)C2)C(C)(C)C)c(OCCO)c1. The highest BCUT2D eigenvalue weighted by Gasteiger charge is 2.56. The van der Waals surface area contributed by atoms with Crippen LogP contribution in [0.5, 0.6) is 11.5 Å². The predicted octanol–water partition coefficient (Wildman–Crippen LogP) is 4.64. The summed E-state index contributed by atoms with van der Waals surface area (Å²) in [5.74, 6) is 3.40. The van der Waals surface area contributed by atoms with Gasteiger partial charge in [-0.25, -0.2) is 14.8 Å². The van der Waals surface area contributed by atoms with Gasteiger partial charge < -0.3 is 55.3 Å². The smallest absolute Gasteiger partial charge is 0.318 e. The van der Waals surface area contributed by atoms with Crippen molar-refractivity contribution in [2.45, 2.75) is 109 Å². The number of piperidine rings is 1. The Labute approximate surface area is 419 Å². The van der Waals surface area contributed by atoms with Crippen molar-refractivity contribution in [1.82, 2.24) is 50.5 Å². The minimum Gasteiger partial charge on any atom is -0.507 e. The van der Waals surface area contributed by atoms with Crippen LogP contribution >= 0.6 is 0 Å². The second-order valence-corrected chi connectivity index (χ2v) is 21.6. The van der Waals surface area contributed by atoms with E-state index < -0.39 is 35.4 Å². The molecule has 72 heavy (non-hydrogen) atoms. The van der Waals surface area contributed by atoms with Gasteiger partial charge in [-0.3, -0.25) is 9.59 Å². The summed E-state index contributed by atoms with van der Waals surface area (Å²) in [5.41, 5.74) is 6.08. The van der Waals surface area contributed by atoms with Crippen LogP contribution in [0.2, 0.25) is 0 Å². The Balaban J connectivity index is 0.693. The maximum atomic E-state index is 14.3. The van der Waals surface area contributed by atoms with Crippen LogP contribution in [-0.4, -0.2) is 150 Å². The van der Waals surface area contributed by atoms with Crippen molar-refractivity contribution in [2.24, 2.45) is 10.8 Å². The number of likely N-dealkylation sites (tertiary alicyclic amines) is 3. The second-order valence-electron chi connectivity index (χ2n) is 21.6. The van der Waals surface area contributed by atoms with E-state index in [-0.39, 0.29) is 56.0 Å². The summed E-state index contributed by atoms with van der Waals surface area (Å²) in [6.07, 6.45) is 13.7. The third-order valence-electron chi connectivity index (χ3n) is 15.7. The molecule has 7 heterocycles. The summed E-state index contributed by atoms with van der Waals surface area (Å²) in [7, 11) is 0. The van der Waals surface area contributed by atoms with E-state index in [0.29, 0.717) is 59.1 Å². The highest BCUT2D eigenvalue weighted by atomic mass is 16.5. The van der Waals surface area contributed by atoms with Gasteiger partial charge in [-0.2, -0.15) is 0 Å². The number of nitrogens with zero attached hydrogens (tertiary/aromatic N) is 8. The molecule has 0 radical (unpaired) electrons. The van der Waals surface area contributed by atoms with Crippen molar-refractivity contribution < 1.29 is 34.4 Å². The van der Waals surface area contributed by atoms with Gasteiger partial charge in [0.1, 0.15) is 30.2 Å². The summed E-state index contributed by atoms with van der Waals surface area (Å²) in [6, 6.07) is 12.6. The minimum atomic E-state index is -0.935. The fraction of sp³-hybridized carbons (Fsp3) is 0.500. The highest BCUT2D eigenvalue weighted by molar-refractivity contribution is 5.93. The van der Waals surface area contributed by atoms with Crippen molar-refractivity contribution in [3.8, 4) is 35.1 Å².